The van der Waals surface area contributed by atoms with Gasteiger partial charge >= 0.3 is 0 Å². The molecule has 1 unspecified atom stereocenters. The average molecular weight is 364 g/mol. The molecule has 0 bridgehead atoms. The van der Waals surface area contributed by atoms with Gasteiger partial charge in [-0.3, -0.25) is 4.79 Å². The minimum atomic E-state index is -0.466. The molecule has 0 aromatic heterocycles. The Morgan fingerprint density at radius 1 is 1.20 bits per heavy atom. The second-order valence-corrected chi connectivity index (χ2v) is 7.95. The summed E-state index contributed by atoms with van der Waals surface area (Å²) in [6.07, 6.45) is 6.75. The number of halogens is 1. The number of rotatable bonds is 4. The zero-order chi connectivity index (χ0) is 17.8. The van der Waals surface area contributed by atoms with E-state index in [-0.39, 0.29) is 5.91 Å². The summed E-state index contributed by atoms with van der Waals surface area (Å²) in [6, 6.07) is 6.06. The number of benzene rings is 1. The Balaban J connectivity index is 1.50. The third-order valence-electron chi connectivity index (χ3n) is 5.68. The average Bonchev–Trinajstić information content (AvgIpc) is 2.65. The van der Waals surface area contributed by atoms with Crippen molar-refractivity contribution in [3.05, 3.63) is 34.3 Å². The number of aryl methyl sites for hydroxylation is 1. The highest BCUT2D eigenvalue weighted by Gasteiger charge is 2.29. The summed E-state index contributed by atoms with van der Waals surface area (Å²) >= 11 is 6.07. The number of likely N-dealkylation sites (tertiary alicyclic amines) is 2. The first-order valence-electron chi connectivity index (χ1n) is 9.58. The quantitative estimate of drug-likeness (QED) is 0.894. The van der Waals surface area contributed by atoms with Crippen molar-refractivity contribution in [2.75, 3.05) is 26.2 Å². The SMILES string of the molecule is Cc1cc(CC(N)C(=O)N2CCC(N3CCCCC3)CC2)ccc1Cl. The number of piperidine rings is 2. The third-order valence-corrected chi connectivity index (χ3v) is 6.10. The smallest absolute Gasteiger partial charge is 0.239 e. The summed E-state index contributed by atoms with van der Waals surface area (Å²) in [6.45, 7) is 6.12. The maximum Gasteiger partial charge on any atom is 0.239 e. The summed E-state index contributed by atoms with van der Waals surface area (Å²) in [7, 11) is 0. The first kappa shape index (κ1) is 18.7. The van der Waals surface area contributed by atoms with Gasteiger partial charge in [-0.2, -0.15) is 0 Å². The Labute approximate surface area is 156 Å². The van der Waals surface area contributed by atoms with Crippen LogP contribution in [0.15, 0.2) is 18.2 Å². The summed E-state index contributed by atoms with van der Waals surface area (Å²) in [5.41, 5.74) is 8.31. The lowest BCUT2D eigenvalue weighted by Gasteiger charge is -2.40. The minimum absolute atomic E-state index is 0.0877. The molecule has 138 valence electrons. The number of hydrogen-bond acceptors (Lipinski definition) is 3. The van der Waals surface area contributed by atoms with E-state index in [1.54, 1.807) is 0 Å². The van der Waals surface area contributed by atoms with Gasteiger partial charge in [0, 0.05) is 24.2 Å². The van der Waals surface area contributed by atoms with E-state index in [4.69, 9.17) is 17.3 Å². The Hall–Kier alpha value is -1.10. The molecule has 2 fully saturated rings. The number of hydrogen-bond donors (Lipinski definition) is 1. The van der Waals surface area contributed by atoms with Gasteiger partial charge < -0.3 is 15.5 Å². The van der Waals surface area contributed by atoms with E-state index < -0.39 is 6.04 Å². The van der Waals surface area contributed by atoms with E-state index in [2.05, 4.69) is 4.90 Å². The lowest BCUT2D eigenvalue weighted by Crippen LogP contribution is -2.52. The lowest BCUT2D eigenvalue weighted by atomic mass is 9.98. The van der Waals surface area contributed by atoms with Gasteiger partial charge in [-0.05, 0) is 69.3 Å². The van der Waals surface area contributed by atoms with Crippen LogP contribution in [0.2, 0.25) is 5.02 Å². The first-order chi connectivity index (χ1) is 12.0. The zero-order valence-corrected chi connectivity index (χ0v) is 16.0. The van der Waals surface area contributed by atoms with Gasteiger partial charge in [-0.15, -0.1) is 0 Å². The fourth-order valence-corrected chi connectivity index (χ4v) is 4.26. The molecular formula is C20H30ClN3O. The van der Waals surface area contributed by atoms with Gasteiger partial charge in [0.2, 0.25) is 5.91 Å². The standard InChI is InChI=1S/C20H30ClN3O/c1-15-13-16(5-6-18(15)21)14-19(22)20(25)24-11-7-17(8-12-24)23-9-3-2-4-10-23/h5-6,13,17,19H,2-4,7-12,14,22H2,1H3. The Bertz CT molecular complexity index is 593. The summed E-state index contributed by atoms with van der Waals surface area (Å²) < 4.78 is 0. The van der Waals surface area contributed by atoms with E-state index in [1.165, 1.54) is 32.4 Å². The predicted octanol–water partition coefficient (Wildman–Crippen LogP) is 3.00. The molecule has 1 aromatic rings. The molecule has 1 atom stereocenters. The topological polar surface area (TPSA) is 49.6 Å². The monoisotopic (exact) mass is 363 g/mol. The number of carbonyl (C=O) groups is 1. The van der Waals surface area contributed by atoms with Crippen molar-refractivity contribution in [3.8, 4) is 0 Å². The van der Waals surface area contributed by atoms with Crippen molar-refractivity contribution in [2.45, 2.75) is 57.5 Å². The molecule has 3 rings (SSSR count). The van der Waals surface area contributed by atoms with Crippen molar-refractivity contribution in [3.63, 3.8) is 0 Å². The van der Waals surface area contributed by atoms with E-state index >= 15 is 0 Å². The molecule has 4 nitrogen and oxygen atoms in total. The molecular weight excluding hydrogens is 334 g/mol. The number of nitrogens with two attached hydrogens (primary N) is 1. The highest BCUT2D eigenvalue weighted by atomic mass is 35.5. The van der Waals surface area contributed by atoms with E-state index in [1.807, 2.05) is 30.0 Å². The molecule has 0 aliphatic carbocycles. The van der Waals surface area contributed by atoms with Gasteiger partial charge in [-0.25, -0.2) is 0 Å². The molecule has 1 aromatic carbocycles. The Kier molecular flexibility index (Phi) is 6.37. The third kappa shape index (κ3) is 4.75. The zero-order valence-electron chi connectivity index (χ0n) is 15.2. The molecule has 2 aliphatic rings. The molecule has 2 N–H and O–H groups in total. The van der Waals surface area contributed by atoms with Crippen LogP contribution in [-0.2, 0) is 11.2 Å². The maximum atomic E-state index is 12.7. The molecule has 1 amide bonds. The van der Waals surface area contributed by atoms with Crippen LogP contribution in [0.5, 0.6) is 0 Å². The largest absolute Gasteiger partial charge is 0.341 e. The molecule has 2 saturated heterocycles. The molecule has 2 heterocycles. The van der Waals surface area contributed by atoms with Crippen LogP contribution in [0.4, 0.5) is 0 Å². The summed E-state index contributed by atoms with van der Waals surface area (Å²) in [4.78, 5) is 17.3. The van der Waals surface area contributed by atoms with Crippen LogP contribution >= 0.6 is 11.6 Å². The Morgan fingerprint density at radius 3 is 2.52 bits per heavy atom. The molecule has 25 heavy (non-hydrogen) atoms. The predicted molar refractivity (Wildman–Crippen MR) is 103 cm³/mol. The number of amides is 1. The second kappa shape index (κ2) is 8.52. The van der Waals surface area contributed by atoms with Crippen molar-refractivity contribution < 1.29 is 4.79 Å². The van der Waals surface area contributed by atoms with E-state index in [0.717, 1.165) is 42.1 Å². The highest BCUT2D eigenvalue weighted by molar-refractivity contribution is 6.31. The lowest BCUT2D eigenvalue weighted by molar-refractivity contribution is -0.134. The van der Waals surface area contributed by atoms with Crippen LogP contribution in [0.25, 0.3) is 0 Å². The second-order valence-electron chi connectivity index (χ2n) is 7.55. The van der Waals surface area contributed by atoms with Crippen molar-refractivity contribution in [1.82, 2.24) is 9.80 Å². The fraction of sp³-hybridized carbons (Fsp3) is 0.650. The highest BCUT2D eigenvalue weighted by Crippen LogP contribution is 2.22. The summed E-state index contributed by atoms with van der Waals surface area (Å²) in [5, 5.41) is 0.753. The van der Waals surface area contributed by atoms with Crippen molar-refractivity contribution in [1.29, 1.82) is 0 Å². The van der Waals surface area contributed by atoms with Crippen LogP contribution in [0, 0.1) is 6.92 Å². The van der Waals surface area contributed by atoms with Crippen LogP contribution < -0.4 is 5.73 Å². The van der Waals surface area contributed by atoms with Gasteiger partial charge in [0.15, 0.2) is 0 Å². The van der Waals surface area contributed by atoms with Crippen molar-refractivity contribution in [2.24, 2.45) is 5.73 Å². The van der Waals surface area contributed by atoms with Gasteiger partial charge in [0.1, 0.15) is 0 Å². The van der Waals surface area contributed by atoms with Gasteiger partial charge in [-0.1, -0.05) is 30.2 Å². The summed E-state index contributed by atoms with van der Waals surface area (Å²) in [5.74, 6) is 0.0877. The molecule has 0 spiro atoms. The molecule has 0 radical (unpaired) electrons. The van der Waals surface area contributed by atoms with E-state index in [0.29, 0.717) is 12.5 Å². The first-order valence-corrected chi connectivity index (χ1v) is 9.96. The normalized spacial score (nSPS) is 21.3. The van der Waals surface area contributed by atoms with Crippen molar-refractivity contribution >= 4 is 17.5 Å². The molecule has 5 heteroatoms. The fourth-order valence-electron chi connectivity index (χ4n) is 4.14. The van der Waals surface area contributed by atoms with Crippen LogP contribution in [0.1, 0.15) is 43.2 Å². The Morgan fingerprint density at radius 2 is 1.88 bits per heavy atom. The number of carbonyl (C=O) groups excluding carboxylic acids is 1. The minimum Gasteiger partial charge on any atom is -0.341 e. The van der Waals surface area contributed by atoms with Crippen LogP contribution in [-0.4, -0.2) is 54.0 Å². The van der Waals surface area contributed by atoms with Gasteiger partial charge in [0.25, 0.3) is 0 Å². The van der Waals surface area contributed by atoms with Gasteiger partial charge in [0.05, 0.1) is 6.04 Å². The molecule has 2 aliphatic heterocycles. The van der Waals surface area contributed by atoms with E-state index in [9.17, 15) is 4.79 Å². The molecule has 0 saturated carbocycles. The van der Waals surface area contributed by atoms with Crippen LogP contribution in [0.3, 0.4) is 0 Å². The maximum absolute atomic E-state index is 12.7. The number of nitrogens with zero attached hydrogens (tertiary/aromatic N) is 2.